The maximum Gasteiger partial charge on any atom is 0.0994 e. The summed E-state index contributed by atoms with van der Waals surface area (Å²) in [5.41, 5.74) is 10.2. The molecule has 5 nitrogen and oxygen atoms in total. The Morgan fingerprint density at radius 2 is 1.41 bits per heavy atom. The first-order valence-corrected chi connectivity index (χ1v) is 7.33. The number of aryl methyl sites for hydroxylation is 1. The molecule has 0 unspecified atom stereocenters. The third-order valence-electron chi connectivity index (χ3n) is 3.64. The zero-order valence-corrected chi connectivity index (χ0v) is 12.6. The van der Waals surface area contributed by atoms with Crippen LogP contribution in [-0.2, 0) is 13.0 Å². The highest BCUT2D eigenvalue weighted by molar-refractivity contribution is 5.46. The molecule has 0 amide bonds. The molecule has 0 fully saturated rings. The Labute approximate surface area is 129 Å². The second kappa shape index (κ2) is 6.41. The summed E-state index contributed by atoms with van der Waals surface area (Å²) in [6, 6.07) is 12.2. The first kappa shape index (κ1) is 14.3. The summed E-state index contributed by atoms with van der Waals surface area (Å²) < 4.78 is 4.10. The molecule has 4 aromatic heterocycles. The number of aromatic nitrogens is 4. The van der Waals surface area contributed by atoms with Gasteiger partial charge in [-0.1, -0.05) is 19.1 Å². The molecule has 0 saturated carbocycles. The predicted octanol–water partition coefficient (Wildman–Crippen LogP) is 2.69. The quantitative estimate of drug-likeness (QED) is 0.618. The number of hydrogen-bond acceptors (Lipinski definition) is 3. The molecule has 0 aliphatic carbocycles. The SMILES string of the molecule is CCc1cccc2cncn12.NCc1cccc2cncn12. The van der Waals surface area contributed by atoms with Gasteiger partial charge >= 0.3 is 0 Å². The first-order chi connectivity index (χ1) is 10.8. The Balaban J connectivity index is 0.000000131. The Morgan fingerprint density at radius 1 is 0.864 bits per heavy atom. The van der Waals surface area contributed by atoms with Crippen molar-refractivity contribution in [3.05, 3.63) is 72.8 Å². The van der Waals surface area contributed by atoms with Crippen molar-refractivity contribution in [1.29, 1.82) is 0 Å². The van der Waals surface area contributed by atoms with Gasteiger partial charge in [0.2, 0.25) is 0 Å². The molecule has 4 rings (SSSR count). The molecule has 0 saturated heterocycles. The van der Waals surface area contributed by atoms with Crippen LogP contribution in [0.3, 0.4) is 0 Å². The Bertz CT molecular complexity index is 801. The zero-order valence-electron chi connectivity index (χ0n) is 12.6. The summed E-state index contributed by atoms with van der Waals surface area (Å²) >= 11 is 0. The van der Waals surface area contributed by atoms with Crippen LogP contribution in [0.4, 0.5) is 0 Å². The van der Waals surface area contributed by atoms with Crippen LogP contribution in [0.25, 0.3) is 11.0 Å². The molecule has 0 radical (unpaired) electrons. The number of nitrogens with zero attached hydrogens (tertiary/aromatic N) is 4. The van der Waals surface area contributed by atoms with Crippen LogP contribution in [0.2, 0.25) is 0 Å². The summed E-state index contributed by atoms with van der Waals surface area (Å²) in [5, 5.41) is 0. The number of hydrogen-bond donors (Lipinski definition) is 1. The number of pyridine rings is 2. The van der Waals surface area contributed by atoms with Crippen molar-refractivity contribution < 1.29 is 0 Å². The summed E-state index contributed by atoms with van der Waals surface area (Å²) in [6.45, 7) is 2.70. The molecular weight excluding hydrogens is 274 g/mol. The van der Waals surface area contributed by atoms with Crippen molar-refractivity contribution in [1.82, 2.24) is 18.8 Å². The Kier molecular flexibility index (Phi) is 4.16. The maximum atomic E-state index is 5.53. The van der Waals surface area contributed by atoms with Crippen molar-refractivity contribution >= 4 is 11.0 Å². The van der Waals surface area contributed by atoms with Gasteiger partial charge in [0.1, 0.15) is 0 Å². The first-order valence-electron chi connectivity index (χ1n) is 7.33. The highest BCUT2D eigenvalue weighted by Gasteiger charge is 1.96. The summed E-state index contributed by atoms with van der Waals surface area (Å²) in [6.07, 6.45) is 8.37. The van der Waals surface area contributed by atoms with Crippen LogP contribution in [-0.4, -0.2) is 18.8 Å². The van der Waals surface area contributed by atoms with Crippen molar-refractivity contribution in [3.63, 3.8) is 0 Å². The van der Waals surface area contributed by atoms with Gasteiger partial charge in [0.25, 0.3) is 0 Å². The lowest BCUT2D eigenvalue weighted by molar-refractivity contribution is 0.941. The third-order valence-corrected chi connectivity index (χ3v) is 3.64. The van der Waals surface area contributed by atoms with E-state index in [1.807, 2.05) is 41.3 Å². The fraction of sp³-hybridized carbons (Fsp3) is 0.176. The second-order valence-electron chi connectivity index (χ2n) is 4.97. The summed E-state index contributed by atoms with van der Waals surface area (Å²) in [4.78, 5) is 8.09. The van der Waals surface area contributed by atoms with Crippen LogP contribution in [0, 0.1) is 0 Å². The van der Waals surface area contributed by atoms with Gasteiger partial charge in [-0.05, 0) is 30.7 Å². The van der Waals surface area contributed by atoms with Gasteiger partial charge in [-0.3, -0.25) is 0 Å². The summed E-state index contributed by atoms with van der Waals surface area (Å²) in [5.74, 6) is 0. The molecule has 0 bridgehead atoms. The van der Waals surface area contributed by atoms with E-state index < -0.39 is 0 Å². The predicted molar refractivity (Wildman–Crippen MR) is 87.7 cm³/mol. The zero-order chi connectivity index (χ0) is 15.4. The largest absolute Gasteiger partial charge is 0.325 e. The molecule has 0 atom stereocenters. The third kappa shape index (κ3) is 2.71. The smallest absolute Gasteiger partial charge is 0.0994 e. The normalized spacial score (nSPS) is 10.6. The van der Waals surface area contributed by atoms with Gasteiger partial charge in [0, 0.05) is 17.9 Å². The van der Waals surface area contributed by atoms with Crippen LogP contribution >= 0.6 is 0 Å². The van der Waals surface area contributed by atoms with E-state index in [1.54, 1.807) is 6.33 Å². The molecule has 2 N–H and O–H groups in total. The molecule has 0 aromatic carbocycles. The van der Waals surface area contributed by atoms with Crippen LogP contribution in [0.5, 0.6) is 0 Å². The highest BCUT2D eigenvalue weighted by atomic mass is 15.0. The molecular formula is C17H19N5. The standard InChI is InChI=1S/C9H10N2.C8H9N3/c1-2-8-4-3-5-9-6-10-7-11(8)9;9-4-7-2-1-3-8-5-10-6-11(7)8/h3-7H,2H2,1H3;1-3,5-6H,4,9H2. The molecule has 112 valence electrons. The topological polar surface area (TPSA) is 60.6 Å². The average Bonchev–Trinajstić information content (AvgIpc) is 3.23. The Morgan fingerprint density at radius 3 is 1.95 bits per heavy atom. The monoisotopic (exact) mass is 293 g/mol. The minimum atomic E-state index is 0.549. The molecule has 4 heterocycles. The lowest BCUT2D eigenvalue weighted by Gasteiger charge is -1.99. The lowest BCUT2D eigenvalue weighted by Crippen LogP contribution is -2.02. The van der Waals surface area contributed by atoms with Gasteiger partial charge in [-0.2, -0.15) is 0 Å². The van der Waals surface area contributed by atoms with E-state index in [4.69, 9.17) is 5.73 Å². The van der Waals surface area contributed by atoms with Gasteiger partial charge in [-0.25, -0.2) is 9.97 Å². The maximum absolute atomic E-state index is 5.53. The fourth-order valence-corrected chi connectivity index (χ4v) is 2.47. The summed E-state index contributed by atoms with van der Waals surface area (Å²) in [7, 11) is 0. The second-order valence-corrected chi connectivity index (χ2v) is 4.97. The molecule has 0 spiro atoms. The number of fused-ring (bicyclic) bond motifs is 2. The minimum absolute atomic E-state index is 0.549. The van der Waals surface area contributed by atoms with E-state index in [0.29, 0.717) is 6.54 Å². The van der Waals surface area contributed by atoms with Crippen LogP contribution in [0.1, 0.15) is 18.3 Å². The Hall–Kier alpha value is -2.66. The van der Waals surface area contributed by atoms with E-state index in [0.717, 1.165) is 17.6 Å². The van der Waals surface area contributed by atoms with E-state index in [2.05, 4.69) is 39.5 Å². The minimum Gasteiger partial charge on any atom is -0.325 e. The number of imidazole rings is 2. The fourth-order valence-electron chi connectivity index (χ4n) is 2.47. The van der Waals surface area contributed by atoms with Crippen molar-refractivity contribution in [2.45, 2.75) is 19.9 Å². The van der Waals surface area contributed by atoms with Gasteiger partial charge in [0.05, 0.1) is 36.1 Å². The van der Waals surface area contributed by atoms with Gasteiger partial charge in [-0.15, -0.1) is 0 Å². The van der Waals surface area contributed by atoms with Crippen molar-refractivity contribution in [3.8, 4) is 0 Å². The molecule has 5 heteroatoms. The van der Waals surface area contributed by atoms with E-state index in [9.17, 15) is 0 Å². The van der Waals surface area contributed by atoms with Crippen molar-refractivity contribution in [2.24, 2.45) is 5.73 Å². The highest BCUT2D eigenvalue weighted by Crippen LogP contribution is 2.06. The van der Waals surface area contributed by atoms with Crippen LogP contribution < -0.4 is 5.73 Å². The van der Waals surface area contributed by atoms with E-state index >= 15 is 0 Å². The van der Waals surface area contributed by atoms with Crippen molar-refractivity contribution in [2.75, 3.05) is 0 Å². The molecule has 0 aliphatic rings. The average molecular weight is 293 g/mol. The van der Waals surface area contributed by atoms with E-state index in [1.165, 1.54) is 11.2 Å². The number of nitrogens with two attached hydrogens (primary N) is 1. The van der Waals surface area contributed by atoms with Crippen LogP contribution in [0.15, 0.2) is 61.4 Å². The van der Waals surface area contributed by atoms with E-state index in [-0.39, 0.29) is 0 Å². The number of rotatable bonds is 2. The van der Waals surface area contributed by atoms with Gasteiger partial charge < -0.3 is 14.5 Å². The molecule has 22 heavy (non-hydrogen) atoms. The molecule has 0 aliphatic heterocycles. The molecule has 4 aromatic rings. The lowest BCUT2D eigenvalue weighted by atomic mass is 10.3. The van der Waals surface area contributed by atoms with Gasteiger partial charge in [0.15, 0.2) is 0 Å².